The van der Waals surface area contributed by atoms with Gasteiger partial charge in [-0.15, -0.1) is 13.2 Å². The second kappa shape index (κ2) is 7.16. The summed E-state index contributed by atoms with van der Waals surface area (Å²) in [4.78, 5) is 38.9. The molecule has 4 fully saturated rings. The van der Waals surface area contributed by atoms with Gasteiger partial charge in [-0.05, 0) is 42.9 Å². The Hall–Kier alpha value is -3.18. The molecule has 12 heteroatoms. The average molecular weight is 468 g/mol. The lowest BCUT2D eigenvalue weighted by Gasteiger charge is -2.61. The summed E-state index contributed by atoms with van der Waals surface area (Å²) in [6, 6.07) is 3.96. The maximum Gasteiger partial charge on any atom is 0.573 e. The molecule has 1 aliphatic carbocycles. The number of likely N-dealkylation sites (tertiary alicyclic amines) is 2. The molecule has 0 aromatic heterocycles. The lowest BCUT2D eigenvalue weighted by molar-refractivity contribution is -0.274. The van der Waals surface area contributed by atoms with Crippen LogP contribution in [0.1, 0.15) is 28.8 Å². The van der Waals surface area contributed by atoms with E-state index in [1.54, 1.807) is 9.80 Å². The van der Waals surface area contributed by atoms with Crippen molar-refractivity contribution in [2.75, 3.05) is 32.8 Å². The number of nitrogens with one attached hydrogen (secondary N) is 1. The van der Waals surface area contributed by atoms with Crippen molar-refractivity contribution in [3.8, 4) is 5.75 Å². The third-order valence-electron chi connectivity index (χ3n) is 6.93. The van der Waals surface area contributed by atoms with Crippen LogP contribution in [0.5, 0.6) is 5.75 Å². The largest absolute Gasteiger partial charge is 0.573 e. The van der Waals surface area contributed by atoms with Crippen LogP contribution in [0.15, 0.2) is 18.2 Å². The van der Waals surface area contributed by atoms with Crippen molar-refractivity contribution in [2.24, 2.45) is 17.1 Å². The number of cyclic esters (lactones) is 1. The number of nitrogens with two attached hydrogens (primary N) is 1. The normalized spacial score (nSPS) is 22.8. The Labute approximate surface area is 186 Å². The third-order valence-corrected chi connectivity index (χ3v) is 6.93. The van der Waals surface area contributed by atoms with Gasteiger partial charge in [0, 0.05) is 18.5 Å². The SMILES string of the molecule is NC(=O)c1cc(CC2CC3(C2)CN(C(=O)N2CC4(COC(=O)N4)C2)C3)ccc1OC(F)(F)F. The minimum absolute atomic E-state index is 0.0396. The summed E-state index contributed by atoms with van der Waals surface area (Å²) in [5.41, 5.74) is 5.29. The van der Waals surface area contributed by atoms with Crippen molar-refractivity contribution >= 4 is 18.0 Å². The molecular weight excluding hydrogens is 445 g/mol. The number of nitrogens with zero attached hydrogens (tertiary/aromatic N) is 2. The number of carbonyl (C=O) groups excluding carboxylic acids is 3. The molecule has 1 saturated carbocycles. The summed E-state index contributed by atoms with van der Waals surface area (Å²) in [6.07, 6.45) is -2.95. The van der Waals surface area contributed by atoms with E-state index >= 15 is 0 Å². The molecule has 4 aliphatic rings. The lowest BCUT2D eigenvalue weighted by atomic mass is 9.56. The number of carbonyl (C=O) groups is 3. The molecule has 5 rings (SSSR count). The van der Waals surface area contributed by atoms with Crippen LogP contribution in [-0.4, -0.2) is 72.5 Å². The van der Waals surface area contributed by atoms with Crippen LogP contribution in [0, 0.1) is 11.3 Å². The Kier molecular flexibility index (Phi) is 4.70. The second-order valence-electron chi connectivity index (χ2n) is 9.70. The van der Waals surface area contributed by atoms with Crippen LogP contribution in [0.25, 0.3) is 0 Å². The first-order valence-electron chi connectivity index (χ1n) is 10.6. The topological polar surface area (TPSA) is 114 Å². The standard InChI is InChI=1S/C21H23F3N4O5/c22-21(23,24)33-15-2-1-12(4-14(15)16(25)29)3-13-5-19(6-13)7-27(8-19)18(31)28-9-20(10-28)11-32-17(30)26-20/h1-2,4,13H,3,5-11H2,(H2,25,29)(H,26,30). The number of ether oxygens (including phenoxy) is 2. The van der Waals surface area contributed by atoms with Crippen LogP contribution in [0.3, 0.4) is 0 Å². The summed E-state index contributed by atoms with van der Waals surface area (Å²) in [5, 5.41) is 2.75. The van der Waals surface area contributed by atoms with Gasteiger partial charge in [-0.3, -0.25) is 4.79 Å². The van der Waals surface area contributed by atoms with E-state index in [1.165, 1.54) is 12.1 Å². The molecule has 3 aliphatic heterocycles. The summed E-state index contributed by atoms with van der Waals surface area (Å²) in [7, 11) is 0. The third kappa shape index (κ3) is 4.02. The molecule has 0 unspecified atom stereocenters. The molecule has 9 nitrogen and oxygen atoms in total. The summed E-state index contributed by atoms with van der Waals surface area (Å²) in [5.74, 6) is -1.27. The molecule has 1 aromatic rings. The number of alkyl carbamates (subject to hydrolysis) is 1. The summed E-state index contributed by atoms with van der Waals surface area (Å²) >= 11 is 0. The van der Waals surface area contributed by atoms with Gasteiger partial charge in [0.1, 0.15) is 17.9 Å². The number of urea groups is 1. The number of alkyl halides is 3. The Morgan fingerprint density at radius 2 is 1.85 bits per heavy atom. The highest BCUT2D eigenvalue weighted by Gasteiger charge is 2.57. The Balaban J connectivity index is 1.10. The van der Waals surface area contributed by atoms with Gasteiger partial charge in [-0.2, -0.15) is 0 Å². The molecule has 0 atom stereocenters. The highest BCUT2D eigenvalue weighted by molar-refractivity contribution is 5.95. The second-order valence-corrected chi connectivity index (χ2v) is 9.70. The van der Waals surface area contributed by atoms with E-state index in [0.717, 1.165) is 24.5 Å². The Morgan fingerprint density at radius 3 is 2.42 bits per heavy atom. The van der Waals surface area contributed by atoms with Crippen molar-refractivity contribution in [1.29, 1.82) is 0 Å². The zero-order chi connectivity index (χ0) is 23.6. The van der Waals surface area contributed by atoms with Crippen LogP contribution in [0.2, 0.25) is 0 Å². The lowest BCUT2D eigenvalue weighted by Crippen LogP contribution is -2.74. The van der Waals surface area contributed by atoms with E-state index in [-0.39, 0.29) is 23.6 Å². The maximum absolute atomic E-state index is 12.6. The molecule has 2 spiro atoms. The van der Waals surface area contributed by atoms with E-state index < -0.39 is 29.7 Å². The van der Waals surface area contributed by atoms with E-state index in [0.29, 0.717) is 38.5 Å². The molecule has 3 saturated heterocycles. The van der Waals surface area contributed by atoms with Gasteiger partial charge in [0.2, 0.25) is 0 Å². The minimum atomic E-state index is -4.91. The summed E-state index contributed by atoms with van der Waals surface area (Å²) in [6.45, 7) is 2.50. The number of hydrogen-bond acceptors (Lipinski definition) is 5. The smallest absolute Gasteiger partial charge is 0.447 e. The van der Waals surface area contributed by atoms with Gasteiger partial charge in [0.05, 0.1) is 18.7 Å². The zero-order valence-corrected chi connectivity index (χ0v) is 17.6. The van der Waals surface area contributed by atoms with Gasteiger partial charge in [-0.1, -0.05) is 6.07 Å². The number of hydrogen-bond donors (Lipinski definition) is 2. The Bertz CT molecular complexity index is 1010. The van der Waals surface area contributed by atoms with Crippen molar-refractivity contribution in [1.82, 2.24) is 15.1 Å². The van der Waals surface area contributed by atoms with Crippen molar-refractivity contribution in [3.63, 3.8) is 0 Å². The fourth-order valence-electron chi connectivity index (χ4n) is 5.59. The fourth-order valence-corrected chi connectivity index (χ4v) is 5.59. The predicted octanol–water partition coefficient (Wildman–Crippen LogP) is 1.85. The van der Waals surface area contributed by atoms with Crippen LogP contribution >= 0.6 is 0 Å². The van der Waals surface area contributed by atoms with E-state index in [2.05, 4.69) is 10.1 Å². The molecule has 4 amide bonds. The van der Waals surface area contributed by atoms with E-state index in [4.69, 9.17) is 10.5 Å². The highest BCUT2D eigenvalue weighted by Crippen LogP contribution is 2.53. The fraction of sp³-hybridized carbons (Fsp3) is 0.571. The first kappa shape index (κ1) is 21.7. The van der Waals surface area contributed by atoms with Crippen LogP contribution in [0.4, 0.5) is 22.8 Å². The van der Waals surface area contributed by atoms with Crippen molar-refractivity contribution in [3.05, 3.63) is 29.3 Å². The molecule has 3 N–H and O–H groups in total. The molecule has 178 valence electrons. The van der Waals surface area contributed by atoms with Gasteiger partial charge >= 0.3 is 18.5 Å². The molecule has 1 aromatic carbocycles. The van der Waals surface area contributed by atoms with Gasteiger partial charge in [-0.25, -0.2) is 9.59 Å². The monoisotopic (exact) mass is 468 g/mol. The van der Waals surface area contributed by atoms with E-state index in [9.17, 15) is 27.6 Å². The quantitative estimate of drug-likeness (QED) is 0.700. The number of amides is 4. The van der Waals surface area contributed by atoms with E-state index in [1.807, 2.05) is 0 Å². The molecule has 3 heterocycles. The number of benzene rings is 1. The number of rotatable bonds is 4. The molecule has 0 radical (unpaired) electrons. The highest BCUT2D eigenvalue weighted by atomic mass is 19.4. The van der Waals surface area contributed by atoms with Crippen LogP contribution < -0.4 is 15.8 Å². The number of primary amides is 1. The number of halogens is 3. The minimum Gasteiger partial charge on any atom is -0.447 e. The molecule has 0 bridgehead atoms. The van der Waals surface area contributed by atoms with Gasteiger partial charge in [0.25, 0.3) is 5.91 Å². The zero-order valence-electron chi connectivity index (χ0n) is 17.6. The van der Waals surface area contributed by atoms with Gasteiger partial charge < -0.3 is 30.3 Å². The molecular formula is C21H23F3N4O5. The average Bonchev–Trinajstić information content (AvgIpc) is 3.02. The predicted molar refractivity (Wildman–Crippen MR) is 106 cm³/mol. The first-order chi connectivity index (χ1) is 15.4. The van der Waals surface area contributed by atoms with Crippen molar-refractivity contribution < 1.29 is 37.0 Å². The van der Waals surface area contributed by atoms with Gasteiger partial charge in [0.15, 0.2) is 0 Å². The first-order valence-corrected chi connectivity index (χ1v) is 10.6. The Morgan fingerprint density at radius 1 is 1.18 bits per heavy atom. The van der Waals surface area contributed by atoms with Crippen molar-refractivity contribution in [2.45, 2.75) is 31.2 Å². The molecule has 33 heavy (non-hydrogen) atoms. The van der Waals surface area contributed by atoms with Crippen LogP contribution in [-0.2, 0) is 11.2 Å². The summed E-state index contributed by atoms with van der Waals surface area (Å²) < 4.78 is 46.4. The maximum atomic E-state index is 12.6.